The van der Waals surface area contributed by atoms with Crippen LogP contribution in [-0.4, -0.2) is 32.7 Å². The number of H-pyrrole nitrogens is 1. The van der Waals surface area contributed by atoms with Crippen LogP contribution in [-0.2, 0) is 11.2 Å². The van der Waals surface area contributed by atoms with Crippen LogP contribution in [0.15, 0.2) is 76.7 Å². The third kappa shape index (κ3) is 3.54. The van der Waals surface area contributed by atoms with Crippen LogP contribution in [0, 0.1) is 13.8 Å². The van der Waals surface area contributed by atoms with Crippen molar-refractivity contribution in [1.82, 2.24) is 14.5 Å². The van der Waals surface area contributed by atoms with Crippen LogP contribution >= 0.6 is 11.8 Å². The zero-order chi connectivity index (χ0) is 24.1. The number of thioether (sulfide) groups is 1. The average molecular weight is 481 g/mol. The highest BCUT2D eigenvalue weighted by Gasteiger charge is 2.25. The molecule has 0 fully saturated rings. The van der Waals surface area contributed by atoms with Crippen molar-refractivity contribution in [2.75, 3.05) is 17.2 Å². The van der Waals surface area contributed by atoms with Gasteiger partial charge in [-0.15, -0.1) is 0 Å². The maximum absolute atomic E-state index is 13.8. The zero-order valence-corrected chi connectivity index (χ0v) is 20.4. The van der Waals surface area contributed by atoms with Crippen molar-refractivity contribution in [1.29, 1.82) is 0 Å². The molecule has 1 aliphatic heterocycles. The van der Waals surface area contributed by atoms with E-state index < -0.39 is 0 Å². The van der Waals surface area contributed by atoms with Gasteiger partial charge in [0.15, 0.2) is 5.16 Å². The number of fused-ring (bicyclic) bond motifs is 4. The summed E-state index contributed by atoms with van der Waals surface area (Å²) in [5.74, 6) is 0.209. The Labute approximate surface area is 206 Å². The highest BCUT2D eigenvalue weighted by atomic mass is 32.2. The van der Waals surface area contributed by atoms with E-state index in [-0.39, 0.29) is 17.2 Å². The van der Waals surface area contributed by atoms with Gasteiger partial charge in [0.1, 0.15) is 11.0 Å². The molecule has 174 valence electrons. The molecule has 6 rings (SSSR count). The summed E-state index contributed by atoms with van der Waals surface area (Å²) in [6, 6.07) is 21.7. The molecule has 6 nitrogen and oxygen atoms in total. The third-order valence-electron chi connectivity index (χ3n) is 6.82. The first-order chi connectivity index (χ1) is 17.0. The number of hydrogen-bond donors (Lipinski definition) is 1. The Hall–Kier alpha value is -3.84. The van der Waals surface area contributed by atoms with Crippen molar-refractivity contribution in [3.05, 3.63) is 93.8 Å². The van der Waals surface area contributed by atoms with Gasteiger partial charge in [-0.3, -0.25) is 14.2 Å². The fourth-order valence-electron chi connectivity index (χ4n) is 4.83. The number of carbonyl (C=O) groups excluding carboxylic acids is 1. The number of benzene rings is 3. The molecule has 1 amide bonds. The first-order valence-corrected chi connectivity index (χ1v) is 12.6. The van der Waals surface area contributed by atoms with Crippen LogP contribution in [0.25, 0.3) is 27.6 Å². The van der Waals surface area contributed by atoms with Gasteiger partial charge in [-0.1, -0.05) is 60.3 Å². The van der Waals surface area contributed by atoms with Gasteiger partial charge in [0.25, 0.3) is 5.56 Å². The number of amides is 1. The van der Waals surface area contributed by atoms with E-state index in [2.05, 4.69) is 11.1 Å². The second kappa shape index (κ2) is 8.43. The molecular weight excluding hydrogens is 456 g/mol. The fourth-order valence-corrected chi connectivity index (χ4v) is 5.71. The second-order valence-electron chi connectivity index (χ2n) is 8.86. The van der Waals surface area contributed by atoms with Crippen LogP contribution in [0.2, 0.25) is 0 Å². The summed E-state index contributed by atoms with van der Waals surface area (Å²) in [5, 5.41) is 1.41. The Morgan fingerprint density at radius 2 is 1.77 bits per heavy atom. The molecular formula is C28H24N4O2S. The Bertz CT molecular complexity index is 1680. The molecule has 1 N–H and O–H groups in total. The van der Waals surface area contributed by atoms with E-state index in [0.29, 0.717) is 22.7 Å². The van der Waals surface area contributed by atoms with Gasteiger partial charge in [-0.25, -0.2) is 4.98 Å². The lowest BCUT2D eigenvalue weighted by molar-refractivity contribution is -0.116. The smallest absolute Gasteiger partial charge is 0.283 e. The summed E-state index contributed by atoms with van der Waals surface area (Å²) in [7, 11) is 0. The van der Waals surface area contributed by atoms with Gasteiger partial charge < -0.3 is 9.88 Å². The summed E-state index contributed by atoms with van der Waals surface area (Å²) in [4.78, 5) is 37.1. The predicted octanol–water partition coefficient (Wildman–Crippen LogP) is 5.17. The van der Waals surface area contributed by atoms with E-state index in [1.807, 2.05) is 79.4 Å². The van der Waals surface area contributed by atoms with Gasteiger partial charge in [0.05, 0.1) is 11.4 Å². The standard InChI is InChI=1S/C28H24N4O2S/c1-17-8-7-13-22(18(17)2)32-27(34)26-25(20-10-4-5-11-21(20)29-26)30-28(32)35-16-24(33)31-15-14-19-9-3-6-12-23(19)31/h3-13,29H,14-16H2,1-2H3. The van der Waals surface area contributed by atoms with Crippen molar-refractivity contribution in [3.63, 3.8) is 0 Å². The van der Waals surface area contributed by atoms with Crippen LogP contribution < -0.4 is 10.5 Å². The highest BCUT2D eigenvalue weighted by molar-refractivity contribution is 7.99. The van der Waals surface area contributed by atoms with E-state index in [9.17, 15) is 9.59 Å². The maximum atomic E-state index is 13.8. The largest absolute Gasteiger partial charge is 0.349 e. The molecule has 0 radical (unpaired) electrons. The molecule has 0 aliphatic carbocycles. The molecule has 3 heterocycles. The van der Waals surface area contributed by atoms with Crippen molar-refractivity contribution in [2.24, 2.45) is 0 Å². The van der Waals surface area contributed by atoms with Crippen molar-refractivity contribution in [2.45, 2.75) is 25.4 Å². The Morgan fingerprint density at radius 3 is 2.66 bits per heavy atom. The predicted molar refractivity (Wildman–Crippen MR) is 142 cm³/mol. The molecule has 0 bridgehead atoms. The summed E-state index contributed by atoms with van der Waals surface area (Å²) in [5.41, 5.74) is 6.85. The van der Waals surface area contributed by atoms with E-state index in [1.54, 1.807) is 4.57 Å². The number of nitrogens with one attached hydrogen (secondary N) is 1. The lowest BCUT2D eigenvalue weighted by Gasteiger charge is -2.18. The number of anilines is 1. The molecule has 0 saturated carbocycles. The monoisotopic (exact) mass is 480 g/mol. The first kappa shape index (κ1) is 21.7. The normalized spacial score (nSPS) is 13.0. The second-order valence-corrected chi connectivity index (χ2v) is 9.80. The molecule has 5 aromatic rings. The molecule has 0 unspecified atom stereocenters. The molecule has 0 saturated heterocycles. The maximum Gasteiger partial charge on any atom is 0.283 e. The zero-order valence-electron chi connectivity index (χ0n) is 19.5. The van der Waals surface area contributed by atoms with Crippen LogP contribution in [0.5, 0.6) is 0 Å². The minimum absolute atomic E-state index is 0.0146. The average Bonchev–Trinajstić information content (AvgIpc) is 3.47. The number of carbonyl (C=O) groups is 1. The van der Waals surface area contributed by atoms with E-state index >= 15 is 0 Å². The fraction of sp³-hybridized carbons (Fsp3) is 0.179. The highest BCUT2D eigenvalue weighted by Crippen LogP contribution is 2.31. The van der Waals surface area contributed by atoms with Crippen LogP contribution in [0.3, 0.4) is 0 Å². The van der Waals surface area contributed by atoms with Gasteiger partial charge in [-0.2, -0.15) is 0 Å². The summed E-state index contributed by atoms with van der Waals surface area (Å²) in [6.07, 6.45) is 0.860. The molecule has 3 aromatic carbocycles. The Balaban J connectivity index is 1.46. The van der Waals surface area contributed by atoms with Gasteiger partial charge >= 0.3 is 0 Å². The number of hydrogen-bond acceptors (Lipinski definition) is 4. The Kier molecular flexibility index (Phi) is 5.22. The number of para-hydroxylation sites is 2. The topological polar surface area (TPSA) is 71.0 Å². The van der Waals surface area contributed by atoms with E-state index in [0.717, 1.165) is 39.8 Å². The van der Waals surface area contributed by atoms with Crippen molar-refractivity contribution < 1.29 is 4.79 Å². The minimum atomic E-state index is -0.165. The summed E-state index contributed by atoms with van der Waals surface area (Å²) in [6.45, 7) is 4.71. The third-order valence-corrected chi connectivity index (χ3v) is 7.75. The SMILES string of the molecule is Cc1cccc(-n2c(SCC(=O)N3CCc4ccccc43)nc3c([nH]c4ccccc43)c2=O)c1C. The number of aromatic amines is 1. The molecule has 0 atom stereocenters. The summed E-state index contributed by atoms with van der Waals surface area (Å²) < 4.78 is 1.65. The molecule has 2 aromatic heterocycles. The minimum Gasteiger partial charge on any atom is -0.349 e. The van der Waals surface area contributed by atoms with Gasteiger partial charge in [0.2, 0.25) is 5.91 Å². The quantitative estimate of drug-likeness (QED) is 0.285. The lowest BCUT2D eigenvalue weighted by atomic mass is 10.1. The molecule has 7 heteroatoms. The van der Waals surface area contributed by atoms with E-state index in [1.165, 1.54) is 17.3 Å². The van der Waals surface area contributed by atoms with Gasteiger partial charge in [-0.05, 0) is 55.2 Å². The number of nitrogens with zero attached hydrogens (tertiary/aromatic N) is 3. The number of rotatable bonds is 4. The molecule has 35 heavy (non-hydrogen) atoms. The molecule has 0 spiro atoms. The number of aryl methyl sites for hydroxylation is 1. The van der Waals surface area contributed by atoms with Gasteiger partial charge in [0, 0.05) is 23.1 Å². The number of aromatic nitrogens is 3. The van der Waals surface area contributed by atoms with Crippen molar-refractivity contribution in [3.8, 4) is 5.69 Å². The van der Waals surface area contributed by atoms with Crippen LogP contribution in [0.1, 0.15) is 16.7 Å². The van der Waals surface area contributed by atoms with Crippen molar-refractivity contribution >= 4 is 45.3 Å². The molecule has 1 aliphatic rings. The Morgan fingerprint density at radius 1 is 1.00 bits per heavy atom. The van der Waals surface area contributed by atoms with Crippen LogP contribution in [0.4, 0.5) is 5.69 Å². The summed E-state index contributed by atoms with van der Waals surface area (Å²) >= 11 is 1.31. The lowest BCUT2D eigenvalue weighted by Crippen LogP contribution is -2.31. The van der Waals surface area contributed by atoms with E-state index in [4.69, 9.17) is 4.98 Å². The first-order valence-electron chi connectivity index (χ1n) is 11.6.